The standard InChI is InChI=1S/C19H18N6OS/c1-12-6-8-14(9-7-12)17-22-24-19(25(17)20)27-11-16-21-23-18(26-16)15-5-3-4-13(2)10-15/h3-10H,11,20H2,1-2H3. The molecule has 8 heteroatoms. The summed E-state index contributed by atoms with van der Waals surface area (Å²) in [6.07, 6.45) is 0. The van der Waals surface area contributed by atoms with Gasteiger partial charge in [0.2, 0.25) is 16.9 Å². The number of hydrogen-bond acceptors (Lipinski definition) is 7. The summed E-state index contributed by atoms with van der Waals surface area (Å²) in [6.45, 7) is 4.06. The third kappa shape index (κ3) is 3.70. The highest BCUT2D eigenvalue weighted by molar-refractivity contribution is 7.98. The number of aromatic nitrogens is 5. The Kier molecular flexibility index (Phi) is 4.64. The van der Waals surface area contributed by atoms with Gasteiger partial charge in [0.05, 0.1) is 5.75 Å². The summed E-state index contributed by atoms with van der Waals surface area (Å²) >= 11 is 1.40. The molecule has 0 aliphatic heterocycles. The molecule has 0 atom stereocenters. The second-order valence-corrected chi connectivity index (χ2v) is 7.14. The number of nitrogens with two attached hydrogens (primary N) is 1. The molecule has 0 radical (unpaired) electrons. The van der Waals surface area contributed by atoms with Crippen molar-refractivity contribution in [1.29, 1.82) is 0 Å². The number of nitrogen functional groups attached to an aromatic ring is 1. The van der Waals surface area contributed by atoms with Crippen molar-refractivity contribution in [2.24, 2.45) is 0 Å². The van der Waals surface area contributed by atoms with Gasteiger partial charge in [0.1, 0.15) is 0 Å². The molecule has 2 heterocycles. The molecular formula is C19H18N6OS. The average molecular weight is 378 g/mol. The first-order chi connectivity index (χ1) is 13.1. The van der Waals surface area contributed by atoms with Crippen LogP contribution in [0.3, 0.4) is 0 Å². The van der Waals surface area contributed by atoms with Gasteiger partial charge in [0.15, 0.2) is 5.82 Å². The first kappa shape index (κ1) is 17.3. The molecule has 136 valence electrons. The van der Waals surface area contributed by atoms with Gasteiger partial charge in [-0.3, -0.25) is 0 Å². The third-order valence-corrected chi connectivity index (χ3v) is 4.96. The molecule has 2 aromatic carbocycles. The van der Waals surface area contributed by atoms with Crippen molar-refractivity contribution >= 4 is 11.8 Å². The van der Waals surface area contributed by atoms with Crippen molar-refractivity contribution < 1.29 is 4.42 Å². The SMILES string of the molecule is Cc1ccc(-c2nnc(SCc3nnc(-c4cccc(C)c4)o3)n2N)cc1. The molecule has 0 amide bonds. The van der Waals surface area contributed by atoms with Gasteiger partial charge in [-0.05, 0) is 26.0 Å². The molecule has 27 heavy (non-hydrogen) atoms. The van der Waals surface area contributed by atoms with Crippen LogP contribution in [0, 0.1) is 13.8 Å². The van der Waals surface area contributed by atoms with E-state index in [2.05, 4.69) is 20.4 Å². The molecule has 0 aliphatic carbocycles. The van der Waals surface area contributed by atoms with Gasteiger partial charge >= 0.3 is 0 Å². The molecule has 0 aliphatic rings. The van der Waals surface area contributed by atoms with Crippen molar-refractivity contribution in [2.75, 3.05) is 5.84 Å². The minimum atomic E-state index is 0.460. The lowest BCUT2D eigenvalue weighted by atomic mass is 10.1. The van der Waals surface area contributed by atoms with Crippen LogP contribution < -0.4 is 5.84 Å². The molecule has 0 spiro atoms. The first-order valence-corrected chi connectivity index (χ1v) is 9.38. The van der Waals surface area contributed by atoms with Crippen LogP contribution in [0.15, 0.2) is 58.1 Å². The van der Waals surface area contributed by atoms with Crippen LogP contribution in [0.4, 0.5) is 0 Å². The zero-order valence-corrected chi connectivity index (χ0v) is 15.8. The molecule has 2 N–H and O–H groups in total. The van der Waals surface area contributed by atoms with E-state index in [1.807, 2.05) is 62.4 Å². The zero-order valence-electron chi connectivity index (χ0n) is 15.0. The van der Waals surface area contributed by atoms with Gasteiger partial charge < -0.3 is 10.3 Å². The highest BCUT2D eigenvalue weighted by Gasteiger charge is 2.14. The maximum atomic E-state index is 6.15. The van der Waals surface area contributed by atoms with Gasteiger partial charge in [0, 0.05) is 11.1 Å². The fourth-order valence-electron chi connectivity index (χ4n) is 2.61. The Balaban J connectivity index is 1.47. The van der Waals surface area contributed by atoms with E-state index in [-0.39, 0.29) is 0 Å². The van der Waals surface area contributed by atoms with Crippen LogP contribution in [0.25, 0.3) is 22.8 Å². The number of nitrogens with zero attached hydrogens (tertiary/aromatic N) is 5. The van der Waals surface area contributed by atoms with Crippen LogP contribution in [0.1, 0.15) is 17.0 Å². The maximum Gasteiger partial charge on any atom is 0.247 e. The molecule has 0 bridgehead atoms. The Morgan fingerprint density at radius 3 is 2.52 bits per heavy atom. The van der Waals surface area contributed by atoms with Crippen molar-refractivity contribution in [2.45, 2.75) is 24.8 Å². The number of aryl methyl sites for hydroxylation is 2. The summed E-state index contributed by atoms with van der Waals surface area (Å²) < 4.78 is 7.23. The highest BCUT2D eigenvalue weighted by Crippen LogP contribution is 2.26. The van der Waals surface area contributed by atoms with Gasteiger partial charge in [-0.1, -0.05) is 59.3 Å². The quantitative estimate of drug-likeness (QED) is 0.418. The minimum absolute atomic E-state index is 0.460. The minimum Gasteiger partial charge on any atom is -0.420 e. The largest absolute Gasteiger partial charge is 0.420 e. The van der Waals surface area contributed by atoms with Gasteiger partial charge in [-0.15, -0.1) is 20.4 Å². The lowest BCUT2D eigenvalue weighted by Crippen LogP contribution is -2.11. The van der Waals surface area contributed by atoms with E-state index in [0.29, 0.717) is 28.5 Å². The fourth-order valence-corrected chi connectivity index (χ4v) is 3.30. The molecule has 0 fully saturated rings. The molecule has 2 aromatic heterocycles. The molecular weight excluding hydrogens is 360 g/mol. The Morgan fingerprint density at radius 1 is 0.926 bits per heavy atom. The summed E-state index contributed by atoms with van der Waals surface area (Å²) in [5, 5.41) is 17.2. The van der Waals surface area contributed by atoms with E-state index in [9.17, 15) is 0 Å². The second-order valence-electron chi connectivity index (χ2n) is 6.20. The fraction of sp³-hybridized carbons (Fsp3) is 0.158. The van der Waals surface area contributed by atoms with Gasteiger partial charge in [-0.25, -0.2) is 4.68 Å². The van der Waals surface area contributed by atoms with Gasteiger partial charge in [-0.2, -0.15) is 0 Å². The zero-order chi connectivity index (χ0) is 18.8. The van der Waals surface area contributed by atoms with Crippen molar-refractivity contribution in [3.05, 3.63) is 65.5 Å². The highest BCUT2D eigenvalue weighted by atomic mass is 32.2. The van der Waals surface area contributed by atoms with E-state index in [4.69, 9.17) is 10.3 Å². The monoisotopic (exact) mass is 378 g/mol. The lowest BCUT2D eigenvalue weighted by molar-refractivity contribution is 0.528. The Morgan fingerprint density at radius 2 is 1.74 bits per heavy atom. The predicted octanol–water partition coefficient (Wildman–Crippen LogP) is 3.62. The van der Waals surface area contributed by atoms with Crippen LogP contribution >= 0.6 is 11.8 Å². The van der Waals surface area contributed by atoms with E-state index in [0.717, 1.165) is 16.7 Å². The lowest BCUT2D eigenvalue weighted by Gasteiger charge is -2.03. The summed E-state index contributed by atoms with van der Waals surface area (Å²) in [7, 11) is 0. The molecule has 0 saturated heterocycles. The van der Waals surface area contributed by atoms with E-state index < -0.39 is 0 Å². The summed E-state index contributed by atoms with van der Waals surface area (Å²) in [6, 6.07) is 15.9. The molecule has 4 rings (SSSR count). The van der Waals surface area contributed by atoms with Crippen LogP contribution in [0.2, 0.25) is 0 Å². The Labute approximate surface area is 160 Å². The number of thioether (sulfide) groups is 1. The normalized spacial score (nSPS) is 11.0. The summed E-state index contributed by atoms with van der Waals surface area (Å²) in [4.78, 5) is 0. The maximum absolute atomic E-state index is 6.15. The average Bonchev–Trinajstić information content (AvgIpc) is 3.28. The molecule has 0 saturated carbocycles. The van der Waals surface area contributed by atoms with E-state index in [1.54, 1.807) is 0 Å². The molecule has 4 aromatic rings. The Hall–Kier alpha value is -3.13. The van der Waals surface area contributed by atoms with Crippen LogP contribution in [0.5, 0.6) is 0 Å². The van der Waals surface area contributed by atoms with E-state index in [1.165, 1.54) is 22.0 Å². The summed E-state index contributed by atoms with van der Waals surface area (Å²) in [5.41, 5.74) is 4.14. The topological polar surface area (TPSA) is 95.6 Å². The Bertz CT molecular complexity index is 1070. The van der Waals surface area contributed by atoms with Gasteiger partial charge in [0.25, 0.3) is 0 Å². The van der Waals surface area contributed by atoms with Crippen molar-refractivity contribution in [3.63, 3.8) is 0 Å². The summed E-state index contributed by atoms with van der Waals surface area (Å²) in [5.74, 6) is 8.24. The smallest absolute Gasteiger partial charge is 0.247 e. The second kappa shape index (κ2) is 7.24. The van der Waals surface area contributed by atoms with Crippen molar-refractivity contribution in [3.8, 4) is 22.8 Å². The third-order valence-electron chi connectivity index (χ3n) is 4.03. The number of hydrogen-bond donors (Lipinski definition) is 1. The molecule has 7 nitrogen and oxygen atoms in total. The van der Waals surface area contributed by atoms with Crippen LogP contribution in [-0.2, 0) is 5.75 Å². The van der Waals surface area contributed by atoms with Crippen molar-refractivity contribution in [1.82, 2.24) is 25.1 Å². The first-order valence-electron chi connectivity index (χ1n) is 8.40. The number of benzene rings is 2. The molecule has 0 unspecified atom stereocenters. The predicted molar refractivity (Wildman–Crippen MR) is 104 cm³/mol. The van der Waals surface area contributed by atoms with E-state index >= 15 is 0 Å². The number of rotatable bonds is 5. The van der Waals surface area contributed by atoms with Crippen LogP contribution in [-0.4, -0.2) is 25.1 Å².